The van der Waals surface area contributed by atoms with Crippen molar-refractivity contribution in [2.75, 3.05) is 6.54 Å². The molecule has 0 spiro atoms. The first-order valence-corrected chi connectivity index (χ1v) is 7.42. The van der Waals surface area contributed by atoms with Gasteiger partial charge in [-0.3, -0.25) is 0 Å². The molecule has 4 nitrogen and oxygen atoms in total. The second kappa shape index (κ2) is 6.75. The molecule has 1 N–H and O–H groups in total. The van der Waals surface area contributed by atoms with Crippen LogP contribution in [-0.2, 0) is 13.1 Å². The number of imidazole rings is 1. The van der Waals surface area contributed by atoms with Gasteiger partial charge in [-0.05, 0) is 37.9 Å². The molecule has 2 rings (SSSR count). The maximum Gasteiger partial charge on any atom is 0.0951 e. The van der Waals surface area contributed by atoms with E-state index in [0.29, 0.717) is 12.0 Å². The van der Waals surface area contributed by atoms with Crippen molar-refractivity contribution in [3.8, 4) is 0 Å². The summed E-state index contributed by atoms with van der Waals surface area (Å²) in [5.41, 5.74) is 2.58. The van der Waals surface area contributed by atoms with E-state index >= 15 is 0 Å². The topological polar surface area (TPSA) is 34.8 Å². The molecule has 0 aliphatic carbocycles. The molecule has 0 saturated carbocycles. The van der Waals surface area contributed by atoms with Crippen molar-refractivity contribution in [3.63, 3.8) is 0 Å². The van der Waals surface area contributed by atoms with Crippen LogP contribution < -0.4 is 5.32 Å². The van der Waals surface area contributed by atoms with Crippen molar-refractivity contribution in [3.05, 3.63) is 42.2 Å². The van der Waals surface area contributed by atoms with Crippen LogP contribution in [0.25, 0.3) is 0 Å². The molecule has 2 aromatic rings. The lowest BCUT2D eigenvalue weighted by atomic mass is 10.2. The average Bonchev–Trinajstić information content (AvgIpc) is 2.99. The van der Waals surface area contributed by atoms with Crippen LogP contribution in [0, 0.1) is 5.92 Å². The van der Waals surface area contributed by atoms with E-state index in [9.17, 15) is 0 Å². The lowest BCUT2D eigenvalue weighted by Gasteiger charge is -2.12. The highest BCUT2D eigenvalue weighted by molar-refractivity contribution is 5.12. The van der Waals surface area contributed by atoms with Gasteiger partial charge in [0.25, 0.3) is 0 Å². The van der Waals surface area contributed by atoms with E-state index in [1.54, 1.807) is 0 Å². The lowest BCUT2D eigenvalue weighted by Crippen LogP contribution is -2.18. The number of nitrogens with zero attached hydrogens (tertiary/aromatic N) is 3. The summed E-state index contributed by atoms with van der Waals surface area (Å²) in [5.74, 6) is 0.692. The molecule has 2 heterocycles. The van der Waals surface area contributed by atoms with Gasteiger partial charge in [-0.1, -0.05) is 13.8 Å². The van der Waals surface area contributed by atoms with Gasteiger partial charge < -0.3 is 14.5 Å². The van der Waals surface area contributed by atoms with Gasteiger partial charge >= 0.3 is 0 Å². The van der Waals surface area contributed by atoms with Gasteiger partial charge in [0, 0.05) is 31.2 Å². The highest BCUT2D eigenvalue weighted by atomic mass is 15.1. The maximum atomic E-state index is 4.25. The average molecular weight is 274 g/mol. The highest BCUT2D eigenvalue weighted by Crippen LogP contribution is 2.11. The number of aromatic nitrogens is 3. The second-order valence-corrected chi connectivity index (χ2v) is 6.10. The van der Waals surface area contributed by atoms with E-state index in [0.717, 1.165) is 19.6 Å². The van der Waals surface area contributed by atoms with Crippen LogP contribution in [0.3, 0.4) is 0 Å². The van der Waals surface area contributed by atoms with E-state index in [4.69, 9.17) is 0 Å². The fraction of sp³-hybridized carbons (Fsp3) is 0.562. The van der Waals surface area contributed by atoms with Crippen LogP contribution in [0.15, 0.2) is 31.0 Å². The second-order valence-electron chi connectivity index (χ2n) is 6.10. The Balaban J connectivity index is 1.94. The first-order valence-electron chi connectivity index (χ1n) is 7.42. The summed E-state index contributed by atoms with van der Waals surface area (Å²) < 4.78 is 4.44. The van der Waals surface area contributed by atoms with Crippen LogP contribution in [0.2, 0.25) is 0 Å². The van der Waals surface area contributed by atoms with Crippen molar-refractivity contribution < 1.29 is 0 Å². The van der Waals surface area contributed by atoms with E-state index < -0.39 is 0 Å². The molecule has 0 saturated heterocycles. The van der Waals surface area contributed by atoms with Crippen LogP contribution in [0.5, 0.6) is 0 Å². The van der Waals surface area contributed by atoms with Crippen molar-refractivity contribution in [2.45, 2.75) is 46.8 Å². The molecule has 0 unspecified atom stereocenters. The zero-order valence-corrected chi connectivity index (χ0v) is 13.0. The van der Waals surface area contributed by atoms with E-state index in [1.165, 1.54) is 11.3 Å². The zero-order chi connectivity index (χ0) is 14.5. The Hall–Kier alpha value is -1.55. The van der Waals surface area contributed by atoms with Gasteiger partial charge in [-0.15, -0.1) is 0 Å². The summed E-state index contributed by atoms with van der Waals surface area (Å²) in [6, 6.07) is 2.64. The van der Waals surface area contributed by atoms with Crippen LogP contribution in [0.4, 0.5) is 0 Å². The third kappa shape index (κ3) is 3.97. The number of nitrogens with one attached hydrogen (secondary N) is 1. The molecule has 4 heteroatoms. The molecule has 0 aliphatic heterocycles. The Morgan fingerprint density at radius 1 is 1.25 bits per heavy atom. The van der Waals surface area contributed by atoms with Crippen LogP contribution >= 0.6 is 0 Å². The fourth-order valence-electron chi connectivity index (χ4n) is 2.31. The van der Waals surface area contributed by atoms with Gasteiger partial charge in [0.15, 0.2) is 0 Å². The van der Waals surface area contributed by atoms with Gasteiger partial charge in [-0.2, -0.15) is 0 Å². The third-order valence-electron chi connectivity index (χ3n) is 3.34. The predicted molar refractivity (Wildman–Crippen MR) is 82.7 cm³/mol. The minimum absolute atomic E-state index is 0.454. The van der Waals surface area contributed by atoms with E-state index in [2.05, 4.69) is 65.6 Å². The molecular weight excluding hydrogens is 248 g/mol. The normalized spacial score (nSPS) is 11.7. The molecule has 20 heavy (non-hydrogen) atoms. The van der Waals surface area contributed by atoms with Crippen molar-refractivity contribution in [1.29, 1.82) is 0 Å². The quantitative estimate of drug-likeness (QED) is 0.842. The van der Waals surface area contributed by atoms with Crippen molar-refractivity contribution in [2.24, 2.45) is 5.92 Å². The van der Waals surface area contributed by atoms with Crippen LogP contribution in [-0.4, -0.2) is 20.7 Å². The third-order valence-corrected chi connectivity index (χ3v) is 3.34. The first-order chi connectivity index (χ1) is 9.56. The Kier molecular flexibility index (Phi) is 5.01. The van der Waals surface area contributed by atoms with Gasteiger partial charge in [0.05, 0.1) is 18.6 Å². The fourth-order valence-corrected chi connectivity index (χ4v) is 2.31. The molecule has 0 atom stereocenters. The zero-order valence-electron chi connectivity index (χ0n) is 13.0. The monoisotopic (exact) mass is 274 g/mol. The number of hydrogen-bond acceptors (Lipinski definition) is 2. The molecule has 0 aromatic carbocycles. The molecular formula is C16H26N4. The molecule has 0 radical (unpaired) electrons. The Morgan fingerprint density at radius 2 is 2.05 bits per heavy atom. The summed E-state index contributed by atoms with van der Waals surface area (Å²) in [7, 11) is 0. The predicted octanol–water partition coefficient (Wildman–Crippen LogP) is 3.06. The summed E-state index contributed by atoms with van der Waals surface area (Å²) in [4.78, 5) is 4.25. The van der Waals surface area contributed by atoms with Crippen molar-refractivity contribution >= 4 is 0 Å². The molecule has 2 aromatic heterocycles. The first kappa shape index (κ1) is 14.9. The van der Waals surface area contributed by atoms with Crippen molar-refractivity contribution in [1.82, 2.24) is 19.4 Å². The summed E-state index contributed by atoms with van der Waals surface area (Å²) in [6.45, 7) is 11.7. The summed E-state index contributed by atoms with van der Waals surface area (Å²) >= 11 is 0. The van der Waals surface area contributed by atoms with E-state index in [-0.39, 0.29) is 0 Å². The van der Waals surface area contributed by atoms with Crippen LogP contribution in [0.1, 0.15) is 45.0 Å². The SMILES string of the molecule is CC(C)CNCc1ccn(Cc2cncn2C(C)C)c1. The number of rotatable bonds is 7. The van der Waals surface area contributed by atoms with Gasteiger partial charge in [0.1, 0.15) is 0 Å². The Labute approximate surface area is 121 Å². The Morgan fingerprint density at radius 3 is 2.75 bits per heavy atom. The summed E-state index contributed by atoms with van der Waals surface area (Å²) in [5, 5.41) is 3.47. The smallest absolute Gasteiger partial charge is 0.0951 e. The summed E-state index contributed by atoms with van der Waals surface area (Å²) in [6.07, 6.45) is 8.22. The standard InChI is InChI=1S/C16H26N4/c1-13(2)7-17-8-15-5-6-19(10-15)11-16-9-18-12-20(16)14(3)4/h5-6,9-10,12-14,17H,7-8,11H2,1-4H3. The number of hydrogen-bond donors (Lipinski definition) is 1. The van der Waals surface area contributed by atoms with E-state index in [1.807, 2.05) is 12.5 Å². The minimum atomic E-state index is 0.454. The molecule has 0 aliphatic rings. The highest BCUT2D eigenvalue weighted by Gasteiger charge is 2.06. The molecule has 0 bridgehead atoms. The van der Waals surface area contributed by atoms with Gasteiger partial charge in [0.2, 0.25) is 0 Å². The molecule has 110 valence electrons. The minimum Gasteiger partial charge on any atom is -0.348 e. The van der Waals surface area contributed by atoms with Gasteiger partial charge in [-0.25, -0.2) is 4.98 Å². The largest absolute Gasteiger partial charge is 0.348 e. The lowest BCUT2D eigenvalue weighted by molar-refractivity contribution is 0.550. The molecule has 0 amide bonds. The molecule has 0 fully saturated rings. The Bertz CT molecular complexity index is 522. The maximum absolute atomic E-state index is 4.25.